The summed E-state index contributed by atoms with van der Waals surface area (Å²) in [6.07, 6.45) is 0. The van der Waals surface area contributed by atoms with Gasteiger partial charge in [0.1, 0.15) is 23.5 Å². The number of hydrogen-bond acceptors (Lipinski definition) is 4. The summed E-state index contributed by atoms with van der Waals surface area (Å²) in [5.41, 5.74) is 9.18. The molecule has 1 aliphatic rings. The average molecular weight is 336 g/mol. The maximum atomic E-state index is 13.6. The number of rotatable bonds is 4. The number of hydrazine groups is 2. The van der Waals surface area contributed by atoms with Gasteiger partial charge in [0.05, 0.1) is 6.04 Å². The summed E-state index contributed by atoms with van der Waals surface area (Å²) >= 11 is 0. The van der Waals surface area contributed by atoms with Gasteiger partial charge in [0, 0.05) is 18.2 Å². The highest BCUT2D eigenvalue weighted by Crippen LogP contribution is 2.19. The van der Waals surface area contributed by atoms with E-state index < -0.39 is 23.7 Å². The molecule has 2 aromatic rings. The Balaban J connectivity index is 1.66. The summed E-state index contributed by atoms with van der Waals surface area (Å²) in [6, 6.07) is 7.81. The molecule has 1 amide bonds. The Morgan fingerprint density at radius 3 is 2.42 bits per heavy atom. The summed E-state index contributed by atoms with van der Waals surface area (Å²) in [6.45, 7) is -0.0702. The molecule has 0 aromatic heterocycles. The number of carbonyl (C=O) groups excluding carboxylic acids is 1. The van der Waals surface area contributed by atoms with E-state index in [4.69, 9.17) is 0 Å². The van der Waals surface area contributed by atoms with Crippen molar-refractivity contribution < 1.29 is 18.0 Å². The van der Waals surface area contributed by atoms with Crippen molar-refractivity contribution >= 4 is 5.91 Å². The van der Waals surface area contributed by atoms with E-state index in [2.05, 4.69) is 21.7 Å². The van der Waals surface area contributed by atoms with Crippen LogP contribution in [0.4, 0.5) is 13.2 Å². The second-order valence-electron chi connectivity index (χ2n) is 5.37. The lowest BCUT2D eigenvalue weighted by Gasteiger charge is -2.18. The van der Waals surface area contributed by atoms with E-state index in [1.54, 1.807) is 12.1 Å². The zero-order valence-electron chi connectivity index (χ0n) is 12.4. The van der Waals surface area contributed by atoms with Crippen LogP contribution in [0.2, 0.25) is 0 Å². The standard InChI is InChI=1S/C16H15F3N4O/c17-11-4-1-9(2-5-11)14-15(22-23-21-14)16(24)20-8-10-3-6-12(18)7-13(10)19/h1-7,14-15,21-23H,8H2,(H,20,24). The van der Waals surface area contributed by atoms with Crippen LogP contribution in [-0.2, 0) is 11.3 Å². The van der Waals surface area contributed by atoms with Crippen LogP contribution < -0.4 is 21.7 Å². The Kier molecular flexibility index (Phi) is 4.79. The van der Waals surface area contributed by atoms with Gasteiger partial charge in [-0.1, -0.05) is 18.2 Å². The minimum atomic E-state index is -0.721. The van der Waals surface area contributed by atoms with Gasteiger partial charge >= 0.3 is 0 Å². The Morgan fingerprint density at radius 2 is 1.71 bits per heavy atom. The van der Waals surface area contributed by atoms with Gasteiger partial charge in [0.25, 0.3) is 0 Å². The third-order valence-electron chi connectivity index (χ3n) is 3.77. The second-order valence-corrected chi connectivity index (χ2v) is 5.37. The molecular weight excluding hydrogens is 321 g/mol. The highest BCUT2D eigenvalue weighted by molar-refractivity contribution is 5.83. The van der Waals surface area contributed by atoms with E-state index in [-0.39, 0.29) is 23.8 Å². The average Bonchev–Trinajstić information content (AvgIpc) is 3.04. The summed E-state index contributed by atoms with van der Waals surface area (Å²) < 4.78 is 39.5. The molecule has 0 spiro atoms. The normalized spacial score (nSPS) is 20.1. The Labute approximate surface area is 136 Å². The van der Waals surface area contributed by atoms with Gasteiger partial charge in [0.15, 0.2) is 0 Å². The first-order chi connectivity index (χ1) is 11.5. The van der Waals surface area contributed by atoms with Crippen molar-refractivity contribution in [3.8, 4) is 0 Å². The molecule has 2 aromatic carbocycles. The van der Waals surface area contributed by atoms with Crippen molar-refractivity contribution in [1.29, 1.82) is 0 Å². The first-order valence-corrected chi connectivity index (χ1v) is 7.28. The smallest absolute Gasteiger partial charge is 0.240 e. The zero-order chi connectivity index (χ0) is 17.1. The highest BCUT2D eigenvalue weighted by atomic mass is 19.1. The Morgan fingerprint density at radius 1 is 1.00 bits per heavy atom. The molecule has 2 unspecified atom stereocenters. The predicted octanol–water partition coefficient (Wildman–Crippen LogP) is 1.44. The lowest BCUT2D eigenvalue weighted by atomic mass is 10.00. The lowest BCUT2D eigenvalue weighted by Crippen LogP contribution is -2.45. The fourth-order valence-corrected chi connectivity index (χ4v) is 2.48. The fraction of sp³-hybridized carbons (Fsp3) is 0.188. The van der Waals surface area contributed by atoms with Gasteiger partial charge in [-0.15, -0.1) is 0 Å². The van der Waals surface area contributed by atoms with E-state index in [0.29, 0.717) is 5.56 Å². The monoisotopic (exact) mass is 336 g/mol. The number of carbonyl (C=O) groups is 1. The molecule has 0 saturated carbocycles. The van der Waals surface area contributed by atoms with E-state index in [1.165, 1.54) is 18.2 Å². The molecule has 0 aliphatic carbocycles. The van der Waals surface area contributed by atoms with Crippen LogP contribution >= 0.6 is 0 Å². The van der Waals surface area contributed by atoms with Crippen LogP contribution in [0.25, 0.3) is 0 Å². The molecule has 3 rings (SSSR count). The summed E-state index contributed by atoms with van der Waals surface area (Å²) in [7, 11) is 0. The van der Waals surface area contributed by atoms with Crippen molar-refractivity contribution in [1.82, 2.24) is 21.7 Å². The molecular formula is C16H15F3N4O. The van der Waals surface area contributed by atoms with Crippen LogP contribution in [0.15, 0.2) is 42.5 Å². The molecule has 0 radical (unpaired) electrons. The highest BCUT2D eigenvalue weighted by Gasteiger charge is 2.33. The maximum absolute atomic E-state index is 13.6. The summed E-state index contributed by atoms with van der Waals surface area (Å²) in [5.74, 6) is -2.15. The van der Waals surface area contributed by atoms with E-state index in [1.807, 2.05) is 0 Å². The number of amides is 1. The van der Waals surface area contributed by atoms with E-state index in [9.17, 15) is 18.0 Å². The van der Waals surface area contributed by atoms with E-state index in [0.717, 1.165) is 12.1 Å². The molecule has 1 fully saturated rings. The van der Waals surface area contributed by atoms with Crippen LogP contribution in [0.3, 0.4) is 0 Å². The van der Waals surface area contributed by atoms with Crippen molar-refractivity contribution in [3.05, 3.63) is 71.0 Å². The topological polar surface area (TPSA) is 65.2 Å². The first-order valence-electron chi connectivity index (χ1n) is 7.28. The molecule has 0 bridgehead atoms. The van der Waals surface area contributed by atoms with Crippen molar-refractivity contribution in [2.24, 2.45) is 0 Å². The van der Waals surface area contributed by atoms with E-state index >= 15 is 0 Å². The van der Waals surface area contributed by atoms with Gasteiger partial charge in [0.2, 0.25) is 5.91 Å². The van der Waals surface area contributed by atoms with Gasteiger partial charge < -0.3 is 5.32 Å². The molecule has 1 aliphatic heterocycles. The van der Waals surface area contributed by atoms with Crippen LogP contribution in [0.1, 0.15) is 17.2 Å². The van der Waals surface area contributed by atoms with Crippen LogP contribution in [0.5, 0.6) is 0 Å². The van der Waals surface area contributed by atoms with Crippen molar-refractivity contribution in [3.63, 3.8) is 0 Å². The SMILES string of the molecule is O=C(NCc1ccc(F)cc1F)C1NNNC1c1ccc(F)cc1. The van der Waals surface area contributed by atoms with Crippen LogP contribution in [0, 0.1) is 17.5 Å². The molecule has 4 N–H and O–H groups in total. The molecule has 2 atom stereocenters. The minimum absolute atomic E-state index is 0.0702. The molecule has 5 nitrogen and oxygen atoms in total. The van der Waals surface area contributed by atoms with Gasteiger partial charge in [-0.3, -0.25) is 4.79 Å². The van der Waals surface area contributed by atoms with Crippen molar-refractivity contribution in [2.45, 2.75) is 18.6 Å². The fourth-order valence-electron chi connectivity index (χ4n) is 2.48. The molecule has 126 valence electrons. The molecule has 1 heterocycles. The lowest BCUT2D eigenvalue weighted by molar-refractivity contribution is -0.123. The first kappa shape index (κ1) is 16.4. The second kappa shape index (κ2) is 7.00. The zero-order valence-corrected chi connectivity index (χ0v) is 12.4. The maximum Gasteiger partial charge on any atom is 0.240 e. The summed E-state index contributed by atoms with van der Waals surface area (Å²) in [4.78, 5) is 12.3. The molecule has 24 heavy (non-hydrogen) atoms. The number of halogens is 3. The number of nitrogens with one attached hydrogen (secondary N) is 4. The van der Waals surface area contributed by atoms with Crippen LogP contribution in [-0.4, -0.2) is 11.9 Å². The Hall–Kier alpha value is -2.42. The third kappa shape index (κ3) is 3.56. The van der Waals surface area contributed by atoms with Gasteiger partial charge in [-0.25, -0.2) is 24.0 Å². The number of hydrogen-bond donors (Lipinski definition) is 4. The molecule has 8 heteroatoms. The quantitative estimate of drug-likeness (QED) is 0.682. The number of benzene rings is 2. The predicted molar refractivity (Wildman–Crippen MR) is 80.5 cm³/mol. The van der Waals surface area contributed by atoms with Crippen molar-refractivity contribution in [2.75, 3.05) is 0 Å². The summed E-state index contributed by atoms with van der Waals surface area (Å²) in [5, 5.41) is 2.59. The van der Waals surface area contributed by atoms with Gasteiger partial charge in [-0.05, 0) is 23.8 Å². The largest absolute Gasteiger partial charge is 0.350 e. The third-order valence-corrected chi connectivity index (χ3v) is 3.77. The Bertz CT molecular complexity index is 739. The minimum Gasteiger partial charge on any atom is -0.350 e. The van der Waals surface area contributed by atoms with Gasteiger partial charge in [-0.2, -0.15) is 5.53 Å². The molecule has 1 saturated heterocycles.